The van der Waals surface area contributed by atoms with Crippen molar-refractivity contribution < 1.29 is 13.2 Å². The third kappa shape index (κ3) is 4.26. The van der Waals surface area contributed by atoms with Gasteiger partial charge in [0.15, 0.2) is 0 Å². The molecule has 0 radical (unpaired) electrons. The Balaban J connectivity index is 2.91. The zero-order chi connectivity index (χ0) is 13.8. The van der Waals surface area contributed by atoms with Gasteiger partial charge in [-0.1, -0.05) is 28.9 Å². The highest BCUT2D eigenvalue weighted by molar-refractivity contribution is 9.10. The van der Waals surface area contributed by atoms with Gasteiger partial charge in [-0.25, -0.2) is 0 Å². The highest BCUT2D eigenvalue weighted by Gasteiger charge is 2.33. The van der Waals surface area contributed by atoms with Crippen LogP contribution in [0.4, 0.5) is 13.2 Å². The zero-order valence-electron chi connectivity index (χ0n) is 10.1. The van der Waals surface area contributed by atoms with Crippen molar-refractivity contribution in [2.24, 2.45) is 5.73 Å². The largest absolute Gasteiger partial charge is 0.417 e. The summed E-state index contributed by atoms with van der Waals surface area (Å²) in [5.41, 5.74) is 5.46. The van der Waals surface area contributed by atoms with Crippen molar-refractivity contribution in [1.29, 1.82) is 0 Å². The molecule has 0 aliphatic rings. The molecule has 0 unspecified atom stereocenters. The normalized spacial score (nSPS) is 12.2. The van der Waals surface area contributed by atoms with Gasteiger partial charge < -0.3 is 5.73 Å². The van der Waals surface area contributed by atoms with E-state index in [1.165, 1.54) is 12.1 Å². The minimum Gasteiger partial charge on any atom is -0.329 e. The lowest BCUT2D eigenvalue weighted by atomic mass is 10.1. The Kier molecular flexibility index (Phi) is 5.62. The molecular weight excluding hydrogens is 309 g/mol. The van der Waals surface area contributed by atoms with Crippen LogP contribution in [0, 0.1) is 0 Å². The molecule has 1 aromatic carbocycles. The number of rotatable bonds is 5. The maximum atomic E-state index is 12.7. The number of benzene rings is 1. The van der Waals surface area contributed by atoms with Crippen molar-refractivity contribution in [3.05, 3.63) is 33.8 Å². The van der Waals surface area contributed by atoms with E-state index < -0.39 is 11.7 Å². The van der Waals surface area contributed by atoms with E-state index in [1.54, 1.807) is 6.07 Å². The van der Waals surface area contributed by atoms with Crippen LogP contribution in [-0.4, -0.2) is 24.5 Å². The van der Waals surface area contributed by atoms with Gasteiger partial charge >= 0.3 is 6.18 Å². The number of hydrogen-bond acceptors (Lipinski definition) is 2. The summed E-state index contributed by atoms with van der Waals surface area (Å²) in [6.07, 6.45) is -4.33. The van der Waals surface area contributed by atoms with Crippen LogP contribution in [0.2, 0.25) is 0 Å². The smallest absolute Gasteiger partial charge is 0.329 e. The third-order valence-corrected chi connectivity index (χ3v) is 3.33. The molecule has 0 fully saturated rings. The molecule has 2 N–H and O–H groups in total. The summed E-state index contributed by atoms with van der Waals surface area (Å²) in [5, 5.41) is 0. The molecule has 0 spiro atoms. The van der Waals surface area contributed by atoms with E-state index in [1.807, 2.05) is 11.8 Å². The molecule has 1 aromatic rings. The lowest BCUT2D eigenvalue weighted by Gasteiger charge is -2.20. The maximum absolute atomic E-state index is 12.7. The number of halogens is 4. The van der Waals surface area contributed by atoms with Gasteiger partial charge in [0.2, 0.25) is 0 Å². The Morgan fingerprint density at radius 1 is 1.33 bits per heavy atom. The van der Waals surface area contributed by atoms with Crippen molar-refractivity contribution in [3.8, 4) is 0 Å². The molecule has 0 amide bonds. The van der Waals surface area contributed by atoms with Gasteiger partial charge in [0.1, 0.15) is 0 Å². The highest BCUT2D eigenvalue weighted by atomic mass is 79.9. The van der Waals surface area contributed by atoms with Crippen LogP contribution in [0.1, 0.15) is 18.1 Å². The van der Waals surface area contributed by atoms with Gasteiger partial charge in [-0.2, -0.15) is 13.2 Å². The molecule has 0 atom stereocenters. The maximum Gasteiger partial charge on any atom is 0.417 e. The quantitative estimate of drug-likeness (QED) is 0.900. The molecule has 6 heteroatoms. The Hall–Kier alpha value is -0.590. The molecule has 102 valence electrons. The second-order valence-corrected chi connectivity index (χ2v) is 4.82. The van der Waals surface area contributed by atoms with Crippen LogP contribution in [0.3, 0.4) is 0 Å². The SMILES string of the molecule is CCN(CCN)Cc1ccc(Br)c(C(F)(F)F)c1. The summed E-state index contributed by atoms with van der Waals surface area (Å²) in [5.74, 6) is 0. The number of hydrogen-bond donors (Lipinski definition) is 1. The van der Waals surface area contributed by atoms with Gasteiger partial charge in [-0.3, -0.25) is 4.90 Å². The molecule has 0 heterocycles. The van der Waals surface area contributed by atoms with E-state index in [-0.39, 0.29) is 4.47 Å². The predicted molar refractivity (Wildman–Crippen MR) is 69.1 cm³/mol. The molecule has 0 aliphatic carbocycles. The van der Waals surface area contributed by atoms with Crippen LogP contribution in [-0.2, 0) is 12.7 Å². The van der Waals surface area contributed by atoms with Crippen molar-refractivity contribution in [1.82, 2.24) is 4.90 Å². The summed E-state index contributed by atoms with van der Waals surface area (Å²) in [4.78, 5) is 2.00. The first-order valence-electron chi connectivity index (χ1n) is 5.66. The van der Waals surface area contributed by atoms with E-state index >= 15 is 0 Å². The molecule has 0 aromatic heterocycles. The van der Waals surface area contributed by atoms with E-state index in [0.29, 0.717) is 25.2 Å². The minimum absolute atomic E-state index is 0.0700. The van der Waals surface area contributed by atoms with Crippen molar-refractivity contribution in [3.63, 3.8) is 0 Å². The van der Waals surface area contributed by atoms with E-state index in [0.717, 1.165) is 6.54 Å². The summed E-state index contributed by atoms with van der Waals surface area (Å²) in [6.45, 7) is 4.36. The van der Waals surface area contributed by atoms with Crippen molar-refractivity contribution >= 4 is 15.9 Å². The minimum atomic E-state index is -4.33. The third-order valence-electron chi connectivity index (χ3n) is 2.63. The van der Waals surface area contributed by atoms with Crippen LogP contribution in [0.25, 0.3) is 0 Å². The second kappa shape index (κ2) is 6.54. The lowest BCUT2D eigenvalue weighted by molar-refractivity contribution is -0.138. The molecule has 0 saturated carbocycles. The fraction of sp³-hybridized carbons (Fsp3) is 0.500. The van der Waals surface area contributed by atoms with Gasteiger partial charge in [0.05, 0.1) is 5.56 Å². The van der Waals surface area contributed by atoms with Crippen molar-refractivity contribution in [2.45, 2.75) is 19.6 Å². The predicted octanol–water partition coefficient (Wildman–Crippen LogP) is 3.25. The molecule has 0 aliphatic heterocycles. The Labute approximate surface area is 113 Å². The molecular formula is C12H16BrF3N2. The standard InChI is InChI=1S/C12H16BrF3N2/c1-2-18(6-5-17)8-9-3-4-11(13)10(7-9)12(14,15)16/h3-4,7H,2,5-6,8,17H2,1H3. The molecule has 18 heavy (non-hydrogen) atoms. The van der Waals surface area contributed by atoms with Crippen LogP contribution < -0.4 is 5.73 Å². The van der Waals surface area contributed by atoms with Gasteiger partial charge in [0, 0.05) is 24.1 Å². The number of alkyl halides is 3. The zero-order valence-corrected chi connectivity index (χ0v) is 11.7. The molecule has 0 bridgehead atoms. The van der Waals surface area contributed by atoms with Crippen LogP contribution in [0.5, 0.6) is 0 Å². The van der Waals surface area contributed by atoms with E-state index in [9.17, 15) is 13.2 Å². The molecule has 0 saturated heterocycles. The summed E-state index contributed by atoms with van der Waals surface area (Å²) in [7, 11) is 0. The topological polar surface area (TPSA) is 29.3 Å². The first-order valence-corrected chi connectivity index (χ1v) is 6.45. The van der Waals surface area contributed by atoms with E-state index in [4.69, 9.17) is 5.73 Å². The lowest BCUT2D eigenvalue weighted by Crippen LogP contribution is -2.28. The van der Waals surface area contributed by atoms with Gasteiger partial charge in [-0.05, 0) is 24.2 Å². The Morgan fingerprint density at radius 3 is 2.50 bits per heavy atom. The fourth-order valence-corrected chi connectivity index (χ4v) is 2.15. The monoisotopic (exact) mass is 324 g/mol. The average Bonchev–Trinajstić information content (AvgIpc) is 2.29. The van der Waals surface area contributed by atoms with Gasteiger partial charge in [0.25, 0.3) is 0 Å². The number of nitrogens with zero attached hydrogens (tertiary/aromatic N) is 1. The number of nitrogens with two attached hydrogens (primary N) is 1. The summed E-state index contributed by atoms with van der Waals surface area (Å²) in [6, 6.07) is 4.32. The second-order valence-electron chi connectivity index (χ2n) is 3.97. The molecule has 2 nitrogen and oxygen atoms in total. The summed E-state index contributed by atoms with van der Waals surface area (Å²) >= 11 is 2.93. The number of likely N-dealkylation sites (N-methyl/N-ethyl adjacent to an activating group) is 1. The molecule has 1 rings (SSSR count). The van der Waals surface area contributed by atoms with E-state index in [2.05, 4.69) is 15.9 Å². The van der Waals surface area contributed by atoms with Crippen molar-refractivity contribution in [2.75, 3.05) is 19.6 Å². The highest BCUT2D eigenvalue weighted by Crippen LogP contribution is 2.35. The fourth-order valence-electron chi connectivity index (χ4n) is 1.68. The Bertz CT molecular complexity index is 393. The first kappa shape index (κ1) is 15.5. The summed E-state index contributed by atoms with van der Waals surface area (Å²) < 4.78 is 38.3. The van der Waals surface area contributed by atoms with Crippen LogP contribution >= 0.6 is 15.9 Å². The average molecular weight is 325 g/mol. The first-order chi connectivity index (χ1) is 8.38. The Morgan fingerprint density at radius 2 is 2.00 bits per heavy atom. The van der Waals surface area contributed by atoms with Crippen LogP contribution in [0.15, 0.2) is 22.7 Å². The van der Waals surface area contributed by atoms with Gasteiger partial charge in [-0.15, -0.1) is 0 Å².